The molecule has 2 bridgehead atoms. The zero-order valence-electron chi connectivity index (χ0n) is 18.8. The lowest BCUT2D eigenvalue weighted by Gasteiger charge is -2.44. The van der Waals surface area contributed by atoms with Gasteiger partial charge in [-0.1, -0.05) is 36.4 Å². The van der Waals surface area contributed by atoms with Gasteiger partial charge in [0.1, 0.15) is 11.6 Å². The van der Waals surface area contributed by atoms with Crippen LogP contribution in [-0.4, -0.2) is 12.6 Å². The molecule has 0 amide bonds. The first kappa shape index (κ1) is 20.5. The number of rotatable bonds is 3. The number of esters is 1. The molecule has 0 unspecified atom stereocenters. The maximum atomic E-state index is 13.2. The van der Waals surface area contributed by atoms with Crippen molar-refractivity contribution in [1.82, 2.24) is 0 Å². The second-order valence-corrected chi connectivity index (χ2v) is 8.85. The molecule has 0 aliphatic carbocycles. The molecule has 0 spiro atoms. The minimum Gasteiger partial charge on any atom is -0.423 e. The predicted octanol–water partition coefficient (Wildman–Crippen LogP) is 6.32. The summed E-state index contributed by atoms with van der Waals surface area (Å²) >= 11 is 0. The molecule has 0 fully saturated rings. The van der Waals surface area contributed by atoms with Crippen LogP contribution < -0.4 is 14.5 Å². The van der Waals surface area contributed by atoms with E-state index in [-0.39, 0.29) is 5.82 Å². The number of hydrogen-bond donors (Lipinski definition) is 0. The molecule has 2 aliphatic heterocycles. The normalized spacial score (nSPS) is 13.8. The Bertz CT molecular complexity index is 1410. The fraction of sp³-hybridized carbons (Fsp3) is 0.138. The monoisotopic (exact) mass is 450 g/mol. The van der Waals surface area contributed by atoms with E-state index < -0.39 is 5.97 Å². The molecule has 2 heterocycles. The first-order valence-electron chi connectivity index (χ1n) is 11.4. The number of ether oxygens (including phenoxy) is 1. The van der Waals surface area contributed by atoms with Crippen LogP contribution in [0.15, 0.2) is 84.9 Å². The quantitative estimate of drug-likeness (QED) is 0.270. The van der Waals surface area contributed by atoms with E-state index in [9.17, 15) is 9.18 Å². The van der Waals surface area contributed by atoms with Crippen molar-refractivity contribution in [2.75, 3.05) is 16.5 Å². The van der Waals surface area contributed by atoms with E-state index in [0.29, 0.717) is 11.3 Å². The first-order chi connectivity index (χ1) is 16.6. The third-order valence-electron chi connectivity index (χ3n) is 6.62. The summed E-state index contributed by atoms with van der Waals surface area (Å²) in [6.45, 7) is 4.58. The molecule has 0 radical (unpaired) electrons. The maximum Gasteiger partial charge on any atom is 0.344 e. The van der Waals surface area contributed by atoms with Gasteiger partial charge < -0.3 is 14.5 Å². The largest absolute Gasteiger partial charge is 0.423 e. The highest BCUT2D eigenvalue weighted by molar-refractivity contribution is 5.99. The number of halogens is 1. The highest BCUT2D eigenvalue weighted by atomic mass is 19.1. The maximum absolute atomic E-state index is 13.2. The third-order valence-corrected chi connectivity index (χ3v) is 6.62. The van der Waals surface area contributed by atoms with Crippen LogP contribution in [0.2, 0.25) is 0 Å². The summed E-state index contributed by atoms with van der Waals surface area (Å²) in [4.78, 5) is 17.9. The molecule has 0 saturated heterocycles. The van der Waals surface area contributed by atoms with Gasteiger partial charge >= 0.3 is 5.97 Å². The predicted molar refractivity (Wildman–Crippen MR) is 132 cm³/mol. The van der Waals surface area contributed by atoms with Crippen LogP contribution in [0.25, 0.3) is 11.1 Å². The van der Waals surface area contributed by atoms with E-state index in [1.165, 1.54) is 46.8 Å². The number of benzene rings is 4. The molecular weight excluding hydrogens is 427 g/mol. The van der Waals surface area contributed by atoms with Crippen molar-refractivity contribution in [3.8, 4) is 16.9 Å². The van der Waals surface area contributed by atoms with Gasteiger partial charge in [-0.3, -0.25) is 0 Å². The van der Waals surface area contributed by atoms with Crippen molar-refractivity contribution in [2.24, 2.45) is 0 Å². The lowest BCUT2D eigenvalue weighted by molar-refractivity contribution is 0.0735. The molecule has 0 saturated carbocycles. The number of carbonyl (C=O) groups is 1. The van der Waals surface area contributed by atoms with Crippen LogP contribution >= 0.6 is 0 Å². The molecular formula is C29H23FN2O2. The molecule has 2 aliphatic rings. The number of carbonyl (C=O) groups excluding carboxylic acids is 1. The van der Waals surface area contributed by atoms with Crippen molar-refractivity contribution < 1.29 is 13.9 Å². The van der Waals surface area contributed by atoms with Gasteiger partial charge in [0.25, 0.3) is 0 Å². The Morgan fingerprint density at radius 1 is 0.824 bits per heavy atom. The van der Waals surface area contributed by atoms with E-state index >= 15 is 0 Å². The molecule has 0 aromatic heterocycles. The van der Waals surface area contributed by atoms with Gasteiger partial charge in [0.15, 0.2) is 0 Å². The third kappa shape index (κ3) is 3.50. The average Bonchev–Trinajstić information content (AvgIpc) is 2.85. The summed E-state index contributed by atoms with van der Waals surface area (Å²) in [5.74, 6) is -0.512. The molecule has 5 heteroatoms. The fourth-order valence-electron chi connectivity index (χ4n) is 5.05. The summed E-state index contributed by atoms with van der Waals surface area (Å²) in [5, 5.41) is 0. The zero-order chi connectivity index (χ0) is 23.2. The Balaban J connectivity index is 1.36. The fourth-order valence-corrected chi connectivity index (χ4v) is 5.05. The molecule has 0 N–H and O–H groups in total. The summed E-state index contributed by atoms with van der Waals surface area (Å²) in [6.07, 6.45) is 0. The molecule has 4 aromatic rings. The molecule has 0 atom stereocenters. The van der Waals surface area contributed by atoms with Crippen LogP contribution in [0.3, 0.4) is 0 Å². The second kappa shape index (κ2) is 8.03. The Morgan fingerprint density at radius 3 is 2.38 bits per heavy atom. The summed E-state index contributed by atoms with van der Waals surface area (Å²) in [6, 6.07) is 26.1. The minimum absolute atomic E-state index is 0.316. The molecule has 34 heavy (non-hydrogen) atoms. The standard InChI is InChI=1S/C29H23FN2O2/c1-19-5-4-7-25(29(33)34-24-12-10-23(30)11-13-24)28(19)20-9-14-27-22(15-20)17-32-18-31(27)16-21-6-2-3-8-26(21)32/h2-15H,16-18H2,1H3. The van der Waals surface area contributed by atoms with Gasteiger partial charge in [0.2, 0.25) is 0 Å². The summed E-state index contributed by atoms with van der Waals surface area (Å²) in [7, 11) is 0. The topological polar surface area (TPSA) is 32.8 Å². The van der Waals surface area contributed by atoms with Gasteiger partial charge in [0.05, 0.1) is 12.2 Å². The van der Waals surface area contributed by atoms with Crippen LogP contribution in [0.4, 0.5) is 15.8 Å². The molecule has 4 nitrogen and oxygen atoms in total. The van der Waals surface area contributed by atoms with Gasteiger partial charge in [-0.25, -0.2) is 9.18 Å². The van der Waals surface area contributed by atoms with Gasteiger partial charge in [-0.05, 0) is 83.3 Å². The minimum atomic E-state index is -0.457. The first-order valence-corrected chi connectivity index (χ1v) is 11.4. The Hall–Kier alpha value is -4.12. The Morgan fingerprint density at radius 2 is 1.56 bits per heavy atom. The van der Waals surface area contributed by atoms with Crippen LogP contribution in [-0.2, 0) is 13.1 Å². The number of anilines is 2. The van der Waals surface area contributed by atoms with Crippen molar-refractivity contribution in [3.63, 3.8) is 0 Å². The number of aryl methyl sites for hydroxylation is 1. The van der Waals surface area contributed by atoms with Gasteiger partial charge in [-0.15, -0.1) is 0 Å². The van der Waals surface area contributed by atoms with E-state index in [4.69, 9.17) is 4.74 Å². The van der Waals surface area contributed by atoms with Crippen molar-refractivity contribution >= 4 is 17.3 Å². The van der Waals surface area contributed by atoms with Gasteiger partial charge in [-0.2, -0.15) is 0 Å². The SMILES string of the molecule is Cc1cccc(C(=O)Oc2ccc(F)cc2)c1-c1ccc2c(c1)CN1CN2Cc2ccccc21. The summed E-state index contributed by atoms with van der Waals surface area (Å²) < 4.78 is 18.8. The van der Waals surface area contributed by atoms with Crippen LogP contribution in [0.5, 0.6) is 5.75 Å². The van der Waals surface area contributed by atoms with E-state index in [0.717, 1.165) is 36.4 Å². The number of hydrogen-bond acceptors (Lipinski definition) is 4. The summed E-state index contributed by atoms with van der Waals surface area (Å²) in [5.41, 5.74) is 8.43. The number of nitrogens with zero attached hydrogens (tertiary/aromatic N) is 2. The zero-order valence-corrected chi connectivity index (χ0v) is 18.8. The highest BCUT2D eigenvalue weighted by Gasteiger charge is 2.29. The molecule has 168 valence electrons. The Labute approximate surface area is 197 Å². The number of para-hydroxylation sites is 1. The molecule has 4 aromatic carbocycles. The van der Waals surface area contributed by atoms with Crippen molar-refractivity contribution in [1.29, 1.82) is 0 Å². The van der Waals surface area contributed by atoms with E-state index in [1.54, 1.807) is 6.07 Å². The lowest BCUT2D eigenvalue weighted by Crippen LogP contribution is -2.46. The number of fused-ring (bicyclic) bond motifs is 6. The van der Waals surface area contributed by atoms with E-state index in [2.05, 4.69) is 52.3 Å². The van der Waals surface area contributed by atoms with Crippen LogP contribution in [0, 0.1) is 12.7 Å². The molecule has 6 rings (SSSR count). The highest BCUT2D eigenvalue weighted by Crippen LogP contribution is 2.40. The average molecular weight is 451 g/mol. The Kier molecular flexibility index (Phi) is 4.84. The second-order valence-electron chi connectivity index (χ2n) is 8.85. The van der Waals surface area contributed by atoms with E-state index in [1.807, 2.05) is 19.1 Å². The lowest BCUT2D eigenvalue weighted by atomic mass is 9.92. The van der Waals surface area contributed by atoms with Gasteiger partial charge in [0, 0.05) is 24.5 Å². The van der Waals surface area contributed by atoms with Crippen LogP contribution in [0.1, 0.15) is 27.0 Å². The van der Waals surface area contributed by atoms with Crippen molar-refractivity contribution in [2.45, 2.75) is 20.0 Å². The van der Waals surface area contributed by atoms with Crippen molar-refractivity contribution in [3.05, 3.63) is 113 Å². The smallest absolute Gasteiger partial charge is 0.344 e.